The average molecular weight is 390 g/mol. The Morgan fingerprint density at radius 2 is 2.12 bits per heavy atom. The molecule has 2 aromatic carbocycles. The molecule has 1 aliphatic rings. The van der Waals surface area contributed by atoms with Gasteiger partial charge in [0.25, 0.3) is 0 Å². The van der Waals surface area contributed by atoms with Crippen LogP contribution >= 0.6 is 23.8 Å². The molecule has 4 nitrogen and oxygen atoms in total. The van der Waals surface area contributed by atoms with Gasteiger partial charge in [-0.3, -0.25) is 0 Å². The maximum Gasteiger partial charge on any atom is 0.170 e. The molecule has 0 fully saturated rings. The lowest BCUT2D eigenvalue weighted by atomic mass is 10.0. The highest BCUT2D eigenvalue weighted by atomic mass is 35.5. The summed E-state index contributed by atoms with van der Waals surface area (Å²) >= 11 is 11.5. The lowest BCUT2D eigenvalue weighted by Gasteiger charge is -2.31. The van der Waals surface area contributed by atoms with Gasteiger partial charge in [-0.15, -0.1) is 0 Å². The van der Waals surface area contributed by atoms with Crippen LogP contribution in [0.5, 0.6) is 5.75 Å². The summed E-state index contributed by atoms with van der Waals surface area (Å²) in [4.78, 5) is 2.47. The molecule has 0 aromatic heterocycles. The van der Waals surface area contributed by atoms with E-state index in [1.807, 2.05) is 12.1 Å². The van der Waals surface area contributed by atoms with Crippen molar-refractivity contribution in [3.05, 3.63) is 53.1 Å². The Labute approximate surface area is 165 Å². The van der Waals surface area contributed by atoms with Crippen molar-refractivity contribution >= 4 is 40.3 Å². The number of thiocarbonyl (C=S) groups is 1. The fourth-order valence-electron chi connectivity index (χ4n) is 3.24. The highest BCUT2D eigenvalue weighted by Crippen LogP contribution is 2.27. The van der Waals surface area contributed by atoms with Crippen LogP contribution in [0.1, 0.15) is 18.4 Å². The first-order valence-corrected chi connectivity index (χ1v) is 9.67. The van der Waals surface area contributed by atoms with Crippen LogP contribution in [-0.2, 0) is 6.42 Å². The van der Waals surface area contributed by atoms with E-state index in [0.29, 0.717) is 15.9 Å². The van der Waals surface area contributed by atoms with Gasteiger partial charge in [0.2, 0.25) is 0 Å². The van der Waals surface area contributed by atoms with E-state index in [9.17, 15) is 0 Å². The van der Waals surface area contributed by atoms with Crippen molar-refractivity contribution in [2.45, 2.75) is 19.3 Å². The number of rotatable bonds is 6. The number of hydrogen-bond donors (Lipinski definition) is 2. The van der Waals surface area contributed by atoms with E-state index in [2.05, 4.69) is 39.8 Å². The fourth-order valence-corrected chi connectivity index (χ4v) is 3.71. The maximum atomic E-state index is 6.13. The van der Waals surface area contributed by atoms with Gasteiger partial charge in [0.05, 0.1) is 12.1 Å². The molecule has 2 aromatic rings. The topological polar surface area (TPSA) is 36.5 Å². The smallest absolute Gasteiger partial charge is 0.170 e. The highest BCUT2D eigenvalue weighted by molar-refractivity contribution is 7.80. The molecule has 0 saturated carbocycles. The Morgan fingerprint density at radius 1 is 1.27 bits per heavy atom. The first-order valence-electron chi connectivity index (χ1n) is 8.88. The third kappa shape index (κ3) is 4.80. The summed E-state index contributed by atoms with van der Waals surface area (Å²) in [5, 5.41) is 7.58. The number of nitrogens with zero attached hydrogens (tertiary/aromatic N) is 1. The van der Waals surface area contributed by atoms with Crippen LogP contribution in [-0.4, -0.2) is 31.9 Å². The van der Waals surface area contributed by atoms with E-state index in [-0.39, 0.29) is 0 Å². The van der Waals surface area contributed by atoms with E-state index in [4.69, 9.17) is 28.6 Å². The van der Waals surface area contributed by atoms with E-state index in [1.54, 1.807) is 13.2 Å². The Hall–Kier alpha value is -1.98. The van der Waals surface area contributed by atoms with Gasteiger partial charge in [-0.2, -0.15) is 0 Å². The molecule has 1 aliphatic heterocycles. The molecule has 1 heterocycles. The molecule has 0 spiro atoms. The first-order chi connectivity index (χ1) is 12.7. The van der Waals surface area contributed by atoms with E-state index in [0.717, 1.165) is 31.7 Å². The molecule has 138 valence electrons. The SMILES string of the molecule is COc1ccc(NC(=S)NCCCN2CCCc3ccccc32)cc1Cl. The summed E-state index contributed by atoms with van der Waals surface area (Å²) in [5.74, 6) is 0.651. The van der Waals surface area contributed by atoms with Gasteiger partial charge in [-0.05, 0) is 61.3 Å². The normalized spacial score (nSPS) is 13.1. The number of methoxy groups -OCH3 is 1. The fraction of sp³-hybridized carbons (Fsp3) is 0.350. The second kappa shape index (κ2) is 9.10. The van der Waals surface area contributed by atoms with Crippen LogP contribution in [0.2, 0.25) is 5.02 Å². The van der Waals surface area contributed by atoms with Gasteiger partial charge in [-0.25, -0.2) is 0 Å². The van der Waals surface area contributed by atoms with Crippen LogP contribution in [0.15, 0.2) is 42.5 Å². The van der Waals surface area contributed by atoms with Crippen LogP contribution in [0.25, 0.3) is 0 Å². The van der Waals surface area contributed by atoms with Gasteiger partial charge in [-0.1, -0.05) is 29.8 Å². The number of nitrogens with one attached hydrogen (secondary N) is 2. The van der Waals surface area contributed by atoms with Crippen molar-refractivity contribution in [2.24, 2.45) is 0 Å². The Balaban J connectivity index is 1.43. The van der Waals surface area contributed by atoms with Crippen LogP contribution < -0.4 is 20.3 Å². The molecular weight excluding hydrogens is 366 g/mol. The van der Waals surface area contributed by atoms with Crippen LogP contribution in [0, 0.1) is 0 Å². The lowest BCUT2D eigenvalue weighted by Crippen LogP contribution is -2.34. The molecule has 0 radical (unpaired) electrons. The molecule has 0 bridgehead atoms. The predicted molar refractivity (Wildman–Crippen MR) is 114 cm³/mol. The molecular formula is C20H24ClN3OS. The zero-order valence-electron chi connectivity index (χ0n) is 14.9. The van der Waals surface area contributed by atoms with Crippen molar-refractivity contribution in [3.63, 3.8) is 0 Å². The monoisotopic (exact) mass is 389 g/mol. The first kappa shape index (κ1) is 18.8. The van der Waals surface area contributed by atoms with Crippen LogP contribution in [0.3, 0.4) is 0 Å². The Morgan fingerprint density at radius 3 is 2.92 bits per heavy atom. The van der Waals surface area contributed by atoms with Gasteiger partial charge in [0, 0.05) is 31.0 Å². The standard InChI is InChI=1S/C20H24ClN3OS/c1-25-19-10-9-16(14-17(19)21)23-20(26)22-11-5-13-24-12-4-7-15-6-2-3-8-18(15)24/h2-3,6,8-10,14H,4-5,7,11-13H2,1H3,(H2,22,23,26). The number of benzene rings is 2. The lowest BCUT2D eigenvalue weighted by molar-refractivity contribution is 0.415. The number of para-hydroxylation sites is 1. The van der Waals surface area contributed by atoms with Crippen molar-refractivity contribution < 1.29 is 4.74 Å². The summed E-state index contributed by atoms with van der Waals surface area (Å²) in [5.41, 5.74) is 3.69. The molecule has 0 unspecified atom stereocenters. The molecule has 0 atom stereocenters. The van der Waals surface area contributed by atoms with Gasteiger partial charge >= 0.3 is 0 Å². The van der Waals surface area contributed by atoms with Crippen molar-refractivity contribution in [2.75, 3.05) is 37.0 Å². The minimum absolute atomic E-state index is 0.559. The summed E-state index contributed by atoms with van der Waals surface area (Å²) in [6, 6.07) is 14.2. The molecule has 26 heavy (non-hydrogen) atoms. The summed E-state index contributed by atoms with van der Waals surface area (Å²) in [6.07, 6.45) is 3.44. The molecule has 2 N–H and O–H groups in total. The third-order valence-electron chi connectivity index (χ3n) is 4.51. The minimum atomic E-state index is 0.559. The number of fused-ring (bicyclic) bond motifs is 1. The third-order valence-corrected chi connectivity index (χ3v) is 5.05. The van der Waals surface area contributed by atoms with Gasteiger partial charge in [0.15, 0.2) is 5.11 Å². The number of hydrogen-bond acceptors (Lipinski definition) is 3. The summed E-state index contributed by atoms with van der Waals surface area (Å²) in [7, 11) is 1.60. The van der Waals surface area contributed by atoms with Crippen LogP contribution in [0.4, 0.5) is 11.4 Å². The second-order valence-corrected chi connectivity index (χ2v) is 7.12. The number of aryl methyl sites for hydroxylation is 1. The number of anilines is 2. The van der Waals surface area contributed by atoms with E-state index >= 15 is 0 Å². The highest BCUT2D eigenvalue weighted by Gasteiger charge is 2.15. The van der Waals surface area contributed by atoms with E-state index in [1.165, 1.54) is 24.1 Å². The molecule has 0 aliphatic carbocycles. The molecule has 3 rings (SSSR count). The molecule has 6 heteroatoms. The number of halogens is 1. The van der Waals surface area contributed by atoms with E-state index < -0.39 is 0 Å². The zero-order valence-corrected chi connectivity index (χ0v) is 16.5. The summed E-state index contributed by atoms with van der Waals surface area (Å²) in [6.45, 7) is 2.99. The maximum absolute atomic E-state index is 6.13. The molecule has 0 saturated heterocycles. The van der Waals surface area contributed by atoms with Crippen molar-refractivity contribution in [1.29, 1.82) is 0 Å². The Kier molecular flexibility index (Phi) is 6.58. The summed E-state index contributed by atoms with van der Waals surface area (Å²) < 4.78 is 5.15. The minimum Gasteiger partial charge on any atom is -0.495 e. The number of ether oxygens (including phenoxy) is 1. The molecule has 0 amide bonds. The van der Waals surface area contributed by atoms with Gasteiger partial charge in [0.1, 0.15) is 5.75 Å². The van der Waals surface area contributed by atoms with Crippen molar-refractivity contribution in [3.8, 4) is 5.75 Å². The largest absolute Gasteiger partial charge is 0.495 e. The quantitative estimate of drug-likeness (QED) is 0.562. The average Bonchev–Trinajstić information content (AvgIpc) is 2.65. The zero-order chi connectivity index (χ0) is 18.4. The Bertz CT molecular complexity index is 768. The predicted octanol–water partition coefficient (Wildman–Crippen LogP) is 4.48. The van der Waals surface area contributed by atoms with Crippen molar-refractivity contribution in [1.82, 2.24) is 5.32 Å². The van der Waals surface area contributed by atoms with Gasteiger partial charge < -0.3 is 20.3 Å². The second-order valence-electron chi connectivity index (χ2n) is 6.30.